The van der Waals surface area contributed by atoms with Crippen molar-refractivity contribution < 1.29 is 0 Å². The van der Waals surface area contributed by atoms with Crippen LogP contribution in [0.15, 0.2) is 35.5 Å². The second-order valence-corrected chi connectivity index (χ2v) is 5.38. The van der Waals surface area contributed by atoms with Crippen LogP contribution in [-0.4, -0.2) is 20.8 Å². The number of hydrogen-bond acceptors (Lipinski definition) is 4. The van der Waals surface area contributed by atoms with Gasteiger partial charge in [0.2, 0.25) is 0 Å². The van der Waals surface area contributed by atoms with Crippen molar-refractivity contribution in [3.8, 4) is 0 Å². The first kappa shape index (κ1) is 12.8. The van der Waals surface area contributed by atoms with Crippen LogP contribution in [0.3, 0.4) is 0 Å². The van der Waals surface area contributed by atoms with Crippen LogP contribution in [0.1, 0.15) is 30.4 Å². The summed E-state index contributed by atoms with van der Waals surface area (Å²) in [5.41, 5.74) is 2.80. The smallest absolute Gasteiger partial charge is 0.269 e. The molecule has 5 heteroatoms. The Morgan fingerprint density at radius 1 is 1.30 bits per heavy atom. The predicted molar refractivity (Wildman–Crippen MR) is 77.8 cm³/mol. The molecule has 20 heavy (non-hydrogen) atoms. The quantitative estimate of drug-likeness (QED) is 0.922. The third kappa shape index (κ3) is 2.87. The van der Waals surface area contributed by atoms with Gasteiger partial charge in [-0.2, -0.15) is 5.10 Å². The number of aryl methyl sites for hydroxylation is 1. The van der Waals surface area contributed by atoms with Crippen molar-refractivity contribution in [3.63, 3.8) is 0 Å². The first-order chi connectivity index (χ1) is 9.70. The minimum Gasteiger partial charge on any atom is -0.381 e. The van der Waals surface area contributed by atoms with Gasteiger partial charge in [-0.05, 0) is 37.3 Å². The third-order valence-corrected chi connectivity index (χ3v) is 3.61. The van der Waals surface area contributed by atoms with Gasteiger partial charge in [-0.1, -0.05) is 6.07 Å². The van der Waals surface area contributed by atoms with E-state index in [9.17, 15) is 4.79 Å². The second kappa shape index (κ2) is 5.45. The minimum atomic E-state index is -0.0872. The van der Waals surface area contributed by atoms with Crippen LogP contribution in [0.2, 0.25) is 0 Å². The number of anilines is 1. The first-order valence-electron chi connectivity index (χ1n) is 6.95. The van der Waals surface area contributed by atoms with Crippen LogP contribution >= 0.6 is 0 Å². The summed E-state index contributed by atoms with van der Waals surface area (Å²) < 4.78 is 1.46. The fourth-order valence-corrected chi connectivity index (χ4v) is 2.30. The summed E-state index contributed by atoms with van der Waals surface area (Å²) in [5, 5.41) is 7.56. The van der Waals surface area contributed by atoms with Crippen molar-refractivity contribution in [3.05, 3.63) is 52.2 Å². The van der Waals surface area contributed by atoms with E-state index in [0.717, 1.165) is 16.8 Å². The predicted octanol–water partition coefficient (Wildman–Crippen LogP) is 1.96. The monoisotopic (exact) mass is 270 g/mol. The fourth-order valence-electron chi connectivity index (χ4n) is 2.30. The highest BCUT2D eigenvalue weighted by molar-refractivity contribution is 5.40. The Balaban J connectivity index is 1.75. The molecule has 104 valence electrons. The number of rotatable bonds is 4. The zero-order valence-corrected chi connectivity index (χ0v) is 11.5. The first-order valence-corrected chi connectivity index (χ1v) is 6.95. The van der Waals surface area contributed by atoms with E-state index in [1.807, 2.05) is 13.0 Å². The van der Waals surface area contributed by atoms with Gasteiger partial charge in [-0.3, -0.25) is 9.78 Å². The Kier molecular flexibility index (Phi) is 3.50. The SMILES string of the molecule is Cc1cncc(Cn2ncc(NC3CCC3)cc2=O)c1. The lowest BCUT2D eigenvalue weighted by atomic mass is 9.93. The Morgan fingerprint density at radius 3 is 2.80 bits per heavy atom. The summed E-state index contributed by atoms with van der Waals surface area (Å²) in [5.74, 6) is 0. The normalized spacial score (nSPS) is 14.8. The topological polar surface area (TPSA) is 59.8 Å². The number of nitrogens with one attached hydrogen (secondary N) is 1. The lowest BCUT2D eigenvalue weighted by Gasteiger charge is -2.27. The summed E-state index contributed by atoms with van der Waals surface area (Å²) in [6.07, 6.45) is 8.91. The Bertz CT molecular complexity index is 661. The van der Waals surface area contributed by atoms with E-state index in [0.29, 0.717) is 12.6 Å². The van der Waals surface area contributed by atoms with Crippen molar-refractivity contribution in [1.82, 2.24) is 14.8 Å². The Morgan fingerprint density at radius 2 is 2.15 bits per heavy atom. The van der Waals surface area contributed by atoms with Crippen molar-refractivity contribution >= 4 is 5.69 Å². The number of nitrogens with zero attached hydrogens (tertiary/aromatic N) is 3. The molecule has 5 nitrogen and oxygen atoms in total. The van der Waals surface area contributed by atoms with E-state index in [1.54, 1.807) is 24.7 Å². The number of pyridine rings is 1. The van der Waals surface area contributed by atoms with Gasteiger partial charge in [0.25, 0.3) is 5.56 Å². The van der Waals surface area contributed by atoms with E-state index in [-0.39, 0.29) is 5.56 Å². The van der Waals surface area contributed by atoms with Gasteiger partial charge in [-0.25, -0.2) is 4.68 Å². The van der Waals surface area contributed by atoms with E-state index in [4.69, 9.17) is 0 Å². The zero-order valence-electron chi connectivity index (χ0n) is 11.5. The molecule has 0 bridgehead atoms. The molecule has 2 heterocycles. The number of hydrogen-bond donors (Lipinski definition) is 1. The molecular weight excluding hydrogens is 252 g/mol. The van der Waals surface area contributed by atoms with Crippen molar-refractivity contribution in [2.24, 2.45) is 0 Å². The molecule has 2 aromatic rings. The molecule has 3 rings (SSSR count). The van der Waals surface area contributed by atoms with Crippen LogP contribution in [0.5, 0.6) is 0 Å². The summed E-state index contributed by atoms with van der Waals surface area (Å²) in [7, 11) is 0. The molecule has 0 aliphatic heterocycles. The molecule has 0 aromatic carbocycles. The van der Waals surface area contributed by atoms with Crippen LogP contribution in [0.25, 0.3) is 0 Å². The molecule has 0 radical (unpaired) electrons. The number of aromatic nitrogens is 3. The maximum atomic E-state index is 12.1. The highest BCUT2D eigenvalue weighted by Gasteiger charge is 2.17. The maximum absolute atomic E-state index is 12.1. The van der Waals surface area contributed by atoms with Gasteiger partial charge in [0, 0.05) is 24.5 Å². The average Bonchev–Trinajstić information content (AvgIpc) is 2.37. The Labute approximate surface area is 117 Å². The lowest BCUT2D eigenvalue weighted by molar-refractivity contribution is 0.445. The van der Waals surface area contributed by atoms with Crippen molar-refractivity contribution in [2.45, 2.75) is 38.8 Å². The highest BCUT2D eigenvalue weighted by Crippen LogP contribution is 2.22. The van der Waals surface area contributed by atoms with Crippen LogP contribution in [0, 0.1) is 6.92 Å². The molecule has 1 fully saturated rings. The minimum absolute atomic E-state index is 0.0872. The van der Waals surface area contributed by atoms with Gasteiger partial charge in [0.05, 0.1) is 18.4 Å². The maximum Gasteiger partial charge on any atom is 0.269 e. The second-order valence-electron chi connectivity index (χ2n) is 5.38. The molecular formula is C15H18N4O. The van der Waals surface area contributed by atoms with Gasteiger partial charge in [-0.15, -0.1) is 0 Å². The van der Waals surface area contributed by atoms with E-state index in [2.05, 4.69) is 15.4 Å². The van der Waals surface area contributed by atoms with E-state index < -0.39 is 0 Å². The van der Waals surface area contributed by atoms with E-state index in [1.165, 1.54) is 23.9 Å². The summed E-state index contributed by atoms with van der Waals surface area (Å²) in [6.45, 7) is 2.44. The molecule has 0 amide bonds. The van der Waals surface area contributed by atoms with Crippen LogP contribution < -0.4 is 10.9 Å². The van der Waals surface area contributed by atoms with Gasteiger partial charge in [0.15, 0.2) is 0 Å². The fraction of sp³-hybridized carbons (Fsp3) is 0.400. The molecule has 1 aliphatic carbocycles. The van der Waals surface area contributed by atoms with Gasteiger partial charge < -0.3 is 5.32 Å². The molecule has 0 atom stereocenters. The van der Waals surface area contributed by atoms with Crippen LogP contribution in [0.4, 0.5) is 5.69 Å². The van der Waals surface area contributed by atoms with Crippen molar-refractivity contribution in [2.75, 3.05) is 5.32 Å². The molecule has 2 aromatic heterocycles. The van der Waals surface area contributed by atoms with E-state index >= 15 is 0 Å². The highest BCUT2D eigenvalue weighted by atomic mass is 16.1. The largest absolute Gasteiger partial charge is 0.381 e. The molecule has 0 unspecified atom stereocenters. The standard InChI is InChI=1S/C15H18N4O/c1-11-5-12(8-16-7-11)10-19-15(20)6-14(9-17-19)18-13-3-2-4-13/h5-9,13,18H,2-4,10H2,1H3. The molecule has 1 aliphatic rings. The summed E-state index contributed by atoms with van der Waals surface area (Å²) >= 11 is 0. The van der Waals surface area contributed by atoms with Crippen molar-refractivity contribution in [1.29, 1.82) is 0 Å². The van der Waals surface area contributed by atoms with Gasteiger partial charge >= 0.3 is 0 Å². The summed E-state index contributed by atoms with van der Waals surface area (Å²) in [6, 6.07) is 4.14. The molecule has 1 saturated carbocycles. The van der Waals surface area contributed by atoms with Gasteiger partial charge in [0.1, 0.15) is 0 Å². The zero-order chi connectivity index (χ0) is 13.9. The third-order valence-electron chi connectivity index (χ3n) is 3.61. The Hall–Kier alpha value is -2.17. The average molecular weight is 270 g/mol. The molecule has 1 N–H and O–H groups in total. The van der Waals surface area contributed by atoms with Crippen LogP contribution in [-0.2, 0) is 6.54 Å². The lowest BCUT2D eigenvalue weighted by Crippen LogP contribution is -2.29. The summed E-state index contributed by atoms with van der Waals surface area (Å²) in [4.78, 5) is 16.2. The molecule has 0 saturated heterocycles. The molecule has 0 spiro atoms.